The smallest absolute Gasteiger partial charge is 0.168 e. The molecular formula is C22H26N6O. The molecule has 0 aliphatic carbocycles. The second-order valence-corrected chi connectivity index (χ2v) is 7.72. The van der Waals surface area contributed by atoms with Gasteiger partial charge in [0.05, 0.1) is 18.6 Å². The summed E-state index contributed by atoms with van der Waals surface area (Å²) in [5.74, 6) is 0.823. The normalized spacial score (nSPS) is 15.5. The number of hydrogen-bond acceptors (Lipinski definition) is 5. The summed E-state index contributed by atoms with van der Waals surface area (Å²) in [6.45, 7) is 9.92. The molecule has 0 atom stereocenters. The van der Waals surface area contributed by atoms with Gasteiger partial charge in [-0.15, -0.1) is 5.10 Å². The van der Waals surface area contributed by atoms with Crippen molar-refractivity contribution in [2.45, 2.75) is 26.8 Å². The maximum absolute atomic E-state index is 5.46. The third-order valence-corrected chi connectivity index (χ3v) is 5.94. The third-order valence-electron chi connectivity index (χ3n) is 5.94. The van der Waals surface area contributed by atoms with Gasteiger partial charge in [-0.3, -0.25) is 4.90 Å². The van der Waals surface area contributed by atoms with E-state index in [1.165, 1.54) is 16.8 Å². The second kappa shape index (κ2) is 7.57. The van der Waals surface area contributed by atoms with Gasteiger partial charge in [-0.05, 0) is 25.0 Å². The maximum Gasteiger partial charge on any atom is 0.168 e. The molecule has 1 fully saturated rings. The van der Waals surface area contributed by atoms with Crippen LogP contribution in [0.5, 0.6) is 0 Å². The number of morpholine rings is 1. The van der Waals surface area contributed by atoms with Crippen molar-refractivity contribution in [2.75, 3.05) is 32.8 Å². The van der Waals surface area contributed by atoms with Gasteiger partial charge in [-0.25, -0.2) is 14.5 Å². The molecule has 0 N–H and O–H groups in total. The van der Waals surface area contributed by atoms with Crippen LogP contribution in [0.2, 0.25) is 0 Å². The minimum absolute atomic E-state index is 0.722. The topological polar surface area (TPSA) is 60.5 Å². The molecule has 150 valence electrons. The molecule has 3 aromatic heterocycles. The molecule has 0 amide bonds. The summed E-state index contributed by atoms with van der Waals surface area (Å²) >= 11 is 0. The number of fused-ring (bicyclic) bond motifs is 3. The van der Waals surface area contributed by atoms with Crippen molar-refractivity contribution in [3.8, 4) is 0 Å². The van der Waals surface area contributed by atoms with Gasteiger partial charge >= 0.3 is 0 Å². The molecule has 4 heterocycles. The highest BCUT2D eigenvalue weighted by atomic mass is 16.5. The fraction of sp³-hybridized carbons (Fsp3) is 0.409. The molecule has 1 aliphatic heterocycles. The Kier molecular flexibility index (Phi) is 4.77. The van der Waals surface area contributed by atoms with Crippen molar-refractivity contribution in [2.24, 2.45) is 0 Å². The predicted molar refractivity (Wildman–Crippen MR) is 112 cm³/mol. The summed E-state index contributed by atoms with van der Waals surface area (Å²) in [4.78, 5) is 12.1. The Bertz CT molecular complexity index is 1140. The van der Waals surface area contributed by atoms with Gasteiger partial charge in [0.25, 0.3) is 0 Å². The second-order valence-electron chi connectivity index (χ2n) is 7.72. The molecule has 1 aromatic carbocycles. The van der Waals surface area contributed by atoms with Crippen LogP contribution >= 0.6 is 0 Å². The molecule has 1 aliphatic rings. The van der Waals surface area contributed by atoms with Crippen molar-refractivity contribution < 1.29 is 4.74 Å². The molecule has 5 rings (SSSR count). The Labute approximate surface area is 169 Å². The number of ether oxygens (including phenoxy) is 1. The van der Waals surface area contributed by atoms with Gasteiger partial charge < -0.3 is 9.30 Å². The quantitative estimate of drug-likeness (QED) is 0.524. The Hall–Kier alpha value is -2.77. The first-order chi connectivity index (χ1) is 14.2. The maximum atomic E-state index is 5.46. The van der Waals surface area contributed by atoms with Gasteiger partial charge in [0.1, 0.15) is 12.0 Å². The number of aromatic nitrogens is 5. The van der Waals surface area contributed by atoms with Crippen molar-refractivity contribution in [1.82, 2.24) is 29.0 Å². The van der Waals surface area contributed by atoms with Crippen molar-refractivity contribution in [1.29, 1.82) is 0 Å². The van der Waals surface area contributed by atoms with E-state index in [-0.39, 0.29) is 0 Å². The third kappa shape index (κ3) is 3.41. The van der Waals surface area contributed by atoms with Gasteiger partial charge in [-0.1, -0.05) is 30.3 Å². The van der Waals surface area contributed by atoms with E-state index < -0.39 is 0 Å². The van der Waals surface area contributed by atoms with Crippen LogP contribution in [0.25, 0.3) is 16.7 Å². The van der Waals surface area contributed by atoms with Crippen LogP contribution < -0.4 is 0 Å². The first-order valence-corrected chi connectivity index (χ1v) is 10.2. The zero-order valence-electron chi connectivity index (χ0n) is 17.0. The van der Waals surface area contributed by atoms with E-state index in [1.807, 2.05) is 22.7 Å². The van der Waals surface area contributed by atoms with Gasteiger partial charge in [0.2, 0.25) is 0 Å². The molecule has 0 radical (unpaired) electrons. The minimum atomic E-state index is 0.722. The molecule has 0 bridgehead atoms. The first-order valence-electron chi connectivity index (χ1n) is 10.2. The lowest BCUT2D eigenvalue weighted by molar-refractivity contribution is 0.0364. The molecule has 0 saturated carbocycles. The fourth-order valence-corrected chi connectivity index (χ4v) is 4.17. The molecule has 0 unspecified atom stereocenters. The Balaban J connectivity index is 1.49. The van der Waals surface area contributed by atoms with E-state index in [0.717, 1.165) is 68.3 Å². The SMILES string of the molecule is Cc1c(C)n(CCN2CCOCC2)c2ncn3nc(Cc4ccccc4)nc3c12. The number of rotatable bonds is 5. The van der Waals surface area contributed by atoms with E-state index in [2.05, 4.69) is 40.5 Å². The van der Waals surface area contributed by atoms with Crippen molar-refractivity contribution >= 4 is 16.7 Å². The van der Waals surface area contributed by atoms with Crippen LogP contribution in [0, 0.1) is 13.8 Å². The summed E-state index contributed by atoms with van der Waals surface area (Å²) < 4.78 is 9.61. The molecule has 1 saturated heterocycles. The summed E-state index contributed by atoms with van der Waals surface area (Å²) in [6, 6.07) is 10.3. The minimum Gasteiger partial charge on any atom is -0.379 e. The lowest BCUT2D eigenvalue weighted by Gasteiger charge is -2.26. The predicted octanol–water partition coefficient (Wildman–Crippen LogP) is 2.62. The molecule has 7 heteroatoms. The standard InChI is InChI=1S/C22H26N6O/c1-16-17(2)27(9-8-26-10-12-29-13-11-26)21-20(16)22-24-19(25-28(22)15-23-21)14-18-6-4-3-5-7-18/h3-7,15H,8-14H2,1-2H3. The van der Waals surface area contributed by atoms with E-state index >= 15 is 0 Å². The number of benzene rings is 1. The van der Waals surface area contributed by atoms with Crippen LogP contribution in [-0.2, 0) is 17.7 Å². The van der Waals surface area contributed by atoms with Crippen molar-refractivity contribution in [3.05, 3.63) is 59.3 Å². The molecule has 0 spiro atoms. The molecular weight excluding hydrogens is 364 g/mol. The zero-order chi connectivity index (χ0) is 19.8. The van der Waals surface area contributed by atoms with Crippen LogP contribution in [0.4, 0.5) is 0 Å². The summed E-state index contributed by atoms with van der Waals surface area (Å²) in [6.07, 6.45) is 2.52. The number of nitrogens with zero attached hydrogens (tertiary/aromatic N) is 6. The number of aryl methyl sites for hydroxylation is 1. The summed E-state index contributed by atoms with van der Waals surface area (Å²) in [5.41, 5.74) is 5.59. The van der Waals surface area contributed by atoms with Crippen LogP contribution in [0.3, 0.4) is 0 Å². The van der Waals surface area contributed by atoms with Gasteiger partial charge in [-0.2, -0.15) is 0 Å². The lowest BCUT2D eigenvalue weighted by Crippen LogP contribution is -2.38. The van der Waals surface area contributed by atoms with E-state index in [1.54, 1.807) is 6.33 Å². The average Bonchev–Trinajstić information content (AvgIpc) is 3.26. The van der Waals surface area contributed by atoms with Gasteiger partial charge in [0.15, 0.2) is 11.5 Å². The average molecular weight is 390 g/mol. The Morgan fingerprint density at radius 1 is 1.00 bits per heavy atom. The summed E-state index contributed by atoms with van der Waals surface area (Å²) in [5, 5.41) is 5.78. The van der Waals surface area contributed by atoms with Crippen LogP contribution in [-0.4, -0.2) is 61.9 Å². The largest absolute Gasteiger partial charge is 0.379 e. The van der Waals surface area contributed by atoms with E-state index in [0.29, 0.717) is 0 Å². The van der Waals surface area contributed by atoms with E-state index in [9.17, 15) is 0 Å². The number of hydrogen-bond donors (Lipinski definition) is 0. The fourth-order valence-electron chi connectivity index (χ4n) is 4.17. The highest BCUT2D eigenvalue weighted by Gasteiger charge is 2.19. The lowest BCUT2D eigenvalue weighted by atomic mass is 10.1. The monoisotopic (exact) mass is 390 g/mol. The van der Waals surface area contributed by atoms with Crippen LogP contribution in [0.1, 0.15) is 22.6 Å². The zero-order valence-corrected chi connectivity index (χ0v) is 17.0. The molecule has 4 aromatic rings. The first kappa shape index (κ1) is 18.3. The van der Waals surface area contributed by atoms with Gasteiger partial charge in [0, 0.05) is 38.3 Å². The highest BCUT2D eigenvalue weighted by molar-refractivity contribution is 5.93. The highest BCUT2D eigenvalue weighted by Crippen LogP contribution is 2.27. The summed E-state index contributed by atoms with van der Waals surface area (Å²) in [7, 11) is 0. The van der Waals surface area contributed by atoms with Crippen LogP contribution in [0.15, 0.2) is 36.7 Å². The molecule has 7 nitrogen and oxygen atoms in total. The Morgan fingerprint density at radius 3 is 2.59 bits per heavy atom. The Morgan fingerprint density at radius 2 is 1.79 bits per heavy atom. The van der Waals surface area contributed by atoms with E-state index in [4.69, 9.17) is 14.7 Å². The van der Waals surface area contributed by atoms with Crippen molar-refractivity contribution in [3.63, 3.8) is 0 Å². The molecule has 29 heavy (non-hydrogen) atoms.